The predicted octanol–water partition coefficient (Wildman–Crippen LogP) is 3.20. The average molecular weight is 321 g/mol. The molecule has 0 aliphatic heterocycles. The fourth-order valence-corrected chi connectivity index (χ4v) is 2.15. The highest BCUT2D eigenvalue weighted by Crippen LogP contribution is 2.18. The first-order valence-corrected chi connectivity index (χ1v) is 6.60. The fraction of sp³-hybridized carbons (Fsp3) is 0.133. The summed E-state index contributed by atoms with van der Waals surface area (Å²) < 4.78 is 6.20. The summed E-state index contributed by atoms with van der Waals surface area (Å²) in [6, 6.07) is 14.3. The van der Waals surface area contributed by atoms with Crippen LogP contribution >= 0.6 is 15.9 Å². The third kappa shape index (κ3) is 3.66. The van der Waals surface area contributed by atoms with Gasteiger partial charge in [-0.2, -0.15) is 0 Å². The molecule has 0 unspecified atom stereocenters. The van der Waals surface area contributed by atoms with Gasteiger partial charge in [-0.25, -0.2) is 0 Å². The zero-order valence-corrected chi connectivity index (χ0v) is 11.8. The minimum atomic E-state index is -0.0955. The van der Waals surface area contributed by atoms with Crippen molar-refractivity contribution < 1.29 is 14.6 Å². The Bertz CT molecular complexity index is 581. The molecule has 1 N–H and O–H groups in total. The van der Waals surface area contributed by atoms with E-state index in [0.29, 0.717) is 11.3 Å². The van der Waals surface area contributed by atoms with Crippen LogP contribution in [-0.4, -0.2) is 17.5 Å². The van der Waals surface area contributed by atoms with Crippen LogP contribution in [0, 0.1) is 0 Å². The minimum absolute atomic E-state index is 0.0303. The number of rotatable bonds is 5. The first kappa shape index (κ1) is 13.8. The van der Waals surface area contributed by atoms with Gasteiger partial charge in [-0.1, -0.05) is 46.3 Å². The second-order valence-corrected chi connectivity index (χ2v) is 4.85. The lowest BCUT2D eigenvalue weighted by molar-refractivity contribution is 0.0920. The number of ether oxygens (including phenoxy) is 1. The first-order chi connectivity index (χ1) is 9.20. The van der Waals surface area contributed by atoms with Crippen LogP contribution in [0.5, 0.6) is 5.75 Å². The molecule has 0 amide bonds. The van der Waals surface area contributed by atoms with E-state index in [1.54, 1.807) is 30.3 Å². The Balaban J connectivity index is 2.02. The van der Waals surface area contributed by atoms with Gasteiger partial charge in [-0.3, -0.25) is 4.79 Å². The highest BCUT2D eigenvalue weighted by Gasteiger charge is 2.10. The van der Waals surface area contributed by atoms with Crippen LogP contribution in [0.25, 0.3) is 0 Å². The third-order valence-electron chi connectivity index (χ3n) is 2.63. The fourth-order valence-electron chi connectivity index (χ4n) is 1.65. The molecule has 0 bridgehead atoms. The van der Waals surface area contributed by atoms with Crippen molar-refractivity contribution in [1.29, 1.82) is 0 Å². The molecule has 0 fully saturated rings. The van der Waals surface area contributed by atoms with Gasteiger partial charge in [0.25, 0.3) is 0 Å². The molecule has 0 saturated carbocycles. The molecule has 0 saturated heterocycles. The number of aliphatic hydroxyl groups is 1. The van der Waals surface area contributed by atoms with Crippen molar-refractivity contribution in [2.24, 2.45) is 0 Å². The number of Topliss-reactive ketones (excluding diaryl/α,β-unsaturated/α-hetero) is 1. The van der Waals surface area contributed by atoms with Crippen LogP contribution < -0.4 is 4.74 Å². The van der Waals surface area contributed by atoms with E-state index < -0.39 is 0 Å². The smallest absolute Gasteiger partial charge is 0.201 e. The van der Waals surface area contributed by atoms with Crippen molar-refractivity contribution in [2.45, 2.75) is 6.61 Å². The molecule has 4 heteroatoms. The van der Waals surface area contributed by atoms with Gasteiger partial charge in [0.15, 0.2) is 6.61 Å². The Hall–Kier alpha value is -1.65. The summed E-state index contributed by atoms with van der Waals surface area (Å²) in [5.74, 6) is 0.480. The van der Waals surface area contributed by atoms with Gasteiger partial charge in [-0.05, 0) is 23.8 Å². The summed E-state index contributed by atoms with van der Waals surface area (Å²) in [4.78, 5) is 12.0. The van der Waals surface area contributed by atoms with E-state index in [4.69, 9.17) is 9.84 Å². The number of benzene rings is 2. The summed E-state index contributed by atoms with van der Waals surface area (Å²) in [6.45, 7) is -0.0765. The molecule has 19 heavy (non-hydrogen) atoms. The van der Waals surface area contributed by atoms with E-state index in [1.807, 2.05) is 18.2 Å². The van der Waals surface area contributed by atoms with Crippen molar-refractivity contribution in [3.05, 3.63) is 64.1 Å². The van der Waals surface area contributed by atoms with Gasteiger partial charge in [0.2, 0.25) is 5.78 Å². The van der Waals surface area contributed by atoms with E-state index >= 15 is 0 Å². The molecule has 0 heterocycles. The molecule has 0 aromatic heterocycles. The highest BCUT2D eigenvalue weighted by atomic mass is 79.9. The molecule has 2 aromatic rings. The number of carbonyl (C=O) groups excluding carboxylic acids is 1. The van der Waals surface area contributed by atoms with Crippen LogP contribution in [0.4, 0.5) is 0 Å². The normalized spacial score (nSPS) is 10.2. The zero-order chi connectivity index (χ0) is 13.7. The molecular formula is C15H13BrO3. The van der Waals surface area contributed by atoms with Crippen LogP contribution in [0.1, 0.15) is 15.9 Å². The van der Waals surface area contributed by atoms with Crippen molar-refractivity contribution in [3.8, 4) is 5.75 Å². The van der Waals surface area contributed by atoms with Crippen molar-refractivity contribution in [2.75, 3.05) is 6.61 Å². The molecule has 0 radical (unpaired) electrons. The Morgan fingerprint density at radius 3 is 2.68 bits per heavy atom. The highest BCUT2D eigenvalue weighted by molar-refractivity contribution is 9.10. The number of ketones is 1. The largest absolute Gasteiger partial charge is 0.485 e. The van der Waals surface area contributed by atoms with Crippen molar-refractivity contribution in [3.63, 3.8) is 0 Å². The maximum Gasteiger partial charge on any atom is 0.201 e. The maximum atomic E-state index is 12.0. The quantitative estimate of drug-likeness (QED) is 0.860. The lowest BCUT2D eigenvalue weighted by Crippen LogP contribution is -2.12. The second-order valence-electron chi connectivity index (χ2n) is 4.00. The van der Waals surface area contributed by atoms with Gasteiger partial charge < -0.3 is 9.84 Å². The maximum absolute atomic E-state index is 12.0. The van der Waals surface area contributed by atoms with Crippen LogP contribution in [0.2, 0.25) is 0 Å². The average Bonchev–Trinajstić information content (AvgIpc) is 2.45. The van der Waals surface area contributed by atoms with Gasteiger partial charge in [0.1, 0.15) is 5.75 Å². The summed E-state index contributed by atoms with van der Waals surface area (Å²) in [6.07, 6.45) is 0. The molecular weight excluding hydrogens is 308 g/mol. The Morgan fingerprint density at radius 2 is 1.95 bits per heavy atom. The number of halogens is 1. The van der Waals surface area contributed by atoms with Crippen LogP contribution in [0.3, 0.4) is 0 Å². The number of hydrogen-bond donors (Lipinski definition) is 1. The number of aliphatic hydroxyl groups excluding tert-OH is 1. The SMILES string of the molecule is O=C(COc1cccc(CO)c1)c1ccccc1Br. The molecule has 0 aliphatic carbocycles. The topological polar surface area (TPSA) is 46.5 Å². The third-order valence-corrected chi connectivity index (χ3v) is 3.32. The van der Waals surface area contributed by atoms with E-state index in [2.05, 4.69) is 15.9 Å². The monoisotopic (exact) mass is 320 g/mol. The molecule has 2 rings (SSSR count). The molecule has 2 aromatic carbocycles. The Labute approximate surface area is 120 Å². The first-order valence-electron chi connectivity index (χ1n) is 5.81. The van der Waals surface area contributed by atoms with Gasteiger partial charge in [0, 0.05) is 10.0 Å². The van der Waals surface area contributed by atoms with Crippen molar-refractivity contribution in [1.82, 2.24) is 0 Å². The molecule has 0 spiro atoms. The lowest BCUT2D eigenvalue weighted by Gasteiger charge is -2.07. The molecule has 0 atom stereocenters. The number of hydrogen-bond acceptors (Lipinski definition) is 3. The second kappa shape index (κ2) is 6.50. The van der Waals surface area contributed by atoms with Gasteiger partial charge in [0.05, 0.1) is 6.61 Å². The van der Waals surface area contributed by atoms with Gasteiger partial charge >= 0.3 is 0 Å². The molecule has 98 valence electrons. The molecule has 3 nitrogen and oxygen atoms in total. The van der Waals surface area contributed by atoms with E-state index in [-0.39, 0.29) is 19.0 Å². The standard InChI is InChI=1S/C15H13BrO3/c16-14-7-2-1-6-13(14)15(18)10-19-12-5-3-4-11(8-12)9-17/h1-8,17H,9-10H2. The zero-order valence-electron chi connectivity index (χ0n) is 10.2. The number of carbonyl (C=O) groups is 1. The summed E-state index contributed by atoms with van der Waals surface area (Å²) in [5.41, 5.74) is 1.35. The minimum Gasteiger partial charge on any atom is -0.485 e. The lowest BCUT2D eigenvalue weighted by atomic mass is 10.1. The van der Waals surface area contributed by atoms with Crippen LogP contribution in [0.15, 0.2) is 53.0 Å². The summed E-state index contributed by atoms with van der Waals surface area (Å²) in [7, 11) is 0. The predicted molar refractivity (Wildman–Crippen MR) is 76.3 cm³/mol. The Morgan fingerprint density at radius 1 is 1.16 bits per heavy atom. The molecule has 0 aliphatic rings. The van der Waals surface area contributed by atoms with E-state index in [9.17, 15) is 4.79 Å². The summed E-state index contributed by atoms with van der Waals surface area (Å²) in [5, 5.41) is 9.03. The summed E-state index contributed by atoms with van der Waals surface area (Å²) >= 11 is 3.34. The van der Waals surface area contributed by atoms with Crippen LogP contribution in [-0.2, 0) is 6.61 Å². The van der Waals surface area contributed by atoms with E-state index in [0.717, 1.165) is 10.0 Å². The van der Waals surface area contributed by atoms with E-state index in [1.165, 1.54) is 0 Å². The Kier molecular flexibility index (Phi) is 4.71. The van der Waals surface area contributed by atoms with Gasteiger partial charge in [-0.15, -0.1) is 0 Å². The van der Waals surface area contributed by atoms with Crippen molar-refractivity contribution >= 4 is 21.7 Å².